The van der Waals surface area contributed by atoms with Gasteiger partial charge in [0.1, 0.15) is 5.78 Å². The van der Waals surface area contributed by atoms with Gasteiger partial charge in [-0.05, 0) is 47.5 Å². The molecule has 27 heavy (non-hydrogen) atoms. The zero-order valence-corrected chi connectivity index (χ0v) is 18.7. The van der Waals surface area contributed by atoms with Gasteiger partial charge < -0.3 is 20.1 Å². The average Bonchev–Trinajstić information content (AvgIpc) is 2.50. The molecule has 1 atom stereocenters. The number of ether oxygens (including phenoxy) is 2. The Balaban J connectivity index is 4.09. The number of Topliss-reactive ketones (excluding diaryl/α,β-unsaturated/α-hetero) is 1. The van der Waals surface area contributed by atoms with Gasteiger partial charge in [-0.25, -0.2) is 0 Å². The van der Waals surface area contributed by atoms with Crippen LogP contribution in [0.5, 0.6) is 0 Å². The number of hydrogen-bond donors (Lipinski definition) is 2. The highest BCUT2D eigenvalue weighted by molar-refractivity contribution is 5.88. The fourth-order valence-electron chi connectivity index (χ4n) is 2.82. The van der Waals surface area contributed by atoms with Gasteiger partial charge in [0, 0.05) is 19.0 Å². The van der Waals surface area contributed by atoms with Gasteiger partial charge in [0.15, 0.2) is 0 Å². The summed E-state index contributed by atoms with van der Waals surface area (Å²) in [5.41, 5.74) is -0.412. The van der Waals surface area contributed by atoms with Crippen molar-refractivity contribution in [3.63, 3.8) is 0 Å². The summed E-state index contributed by atoms with van der Waals surface area (Å²) in [6, 6.07) is -0.286. The van der Waals surface area contributed by atoms with E-state index >= 15 is 0 Å². The summed E-state index contributed by atoms with van der Waals surface area (Å²) in [5.74, 6) is -0.170. The summed E-state index contributed by atoms with van der Waals surface area (Å²) in [4.78, 5) is 23.6. The van der Waals surface area contributed by atoms with Crippen LogP contribution in [0.15, 0.2) is 0 Å². The SMILES string of the molecule is CCCC(C)(C)OCCC(C)(C)OCCNC(=O)CC(NC(C)C)C(C)=O. The second kappa shape index (κ2) is 12.5. The van der Waals surface area contributed by atoms with Crippen LogP contribution in [-0.2, 0) is 19.1 Å². The average molecular weight is 387 g/mol. The summed E-state index contributed by atoms with van der Waals surface area (Å²) < 4.78 is 11.9. The molecule has 0 rings (SSSR count). The molecule has 0 fully saturated rings. The van der Waals surface area contributed by atoms with Gasteiger partial charge in [0.2, 0.25) is 5.91 Å². The summed E-state index contributed by atoms with van der Waals surface area (Å²) in [6.07, 6.45) is 3.08. The molecular formula is C21H42N2O4. The number of nitrogens with one attached hydrogen (secondary N) is 2. The third-order valence-corrected chi connectivity index (χ3v) is 4.38. The van der Waals surface area contributed by atoms with E-state index in [2.05, 4.69) is 31.4 Å². The first-order chi connectivity index (χ1) is 12.4. The molecule has 0 aromatic heterocycles. The van der Waals surface area contributed by atoms with E-state index in [1.165, 1.54) is 6.92 Å². The van der Waals surface area contributed by atoms with Crippen LogP contribution >= 0.6 is 0 Å². The maximum absolute atomic E-state index is 12.0. The maximum atomic E-state index is 12.0. The third kappa shape index (κ3) is 13.8. The monoisotopic (exact) mass is 386 g/mol. The van der Waals surface area contributed by atoms with Gasteiger partial charge in [0.05, 0.1) is 30.5 Å². The van der Waals surface area contributed by atoms with Crippen molar-refractivity contribution < 1.29 is 19.1 Å². The number of carbonyl (C=O) groups is 2. The maximum Gasteiger partial charge on any atom is 0.222 e. The molecule has 0 aliphatic rings. The highest BCUT2D eigenvalue weighted by Gasteiger charge is 2.22. The lowest BCUT2D eigenvalue weighted by molar-refractivity contribution is -0.126. The van der Waals surface area contributed by atoms with E-state index in [9.17, 15) is 9.59 Å². The highest BCUT2D eigenvalue weighted by atomic mass is 16.5. The van der Waals surface area contributed by atoms with E-state index < -0.39 is 6.04 Å². The molecule has 0 heterocycles. The van der Waals surface area contributed by atoms with Gasteiger partial charge in [-0.2, -0.15) is 0 Å². The topological polar surface area (TPSA) is 76.7 Å². The number of rotatable bonds is 15. The molecule has 0 aromatic carbocycles. The fraction of sp³-hybridized carbons (Fsp3) is 0.905. The lowest BCUT2D eigenvalue weighted by Gasteiger charge is -2.29. The molecule has 0 aromatic rings. The van der Waals surface area contributed by atoms with Crippen LogP contribution < -0.4 is 10.6 Å². The molecule has 0 bridgehead atoms. The lowest BCUT2D eigenvalue weighted by atomic mass is 10.0. The predicted octanol–water partition coefficient (Wildman–Crippen LogP) is 3.23. The normalized spacial score (nSPS) is 13.7. The molecule has 1 amide bonds. The third-order valence-electron chi connectivity index (χ3n) is 4.38. The molecule has 1 unspecified atom stereocenters. The minimum Gasteiger partial charge on any atom is -0.375 e. The van der Waals surface area contributed by atoms with E-state index in [0.29, 0.717) is 19.8 Å². The number of amides is 1. The zero-order chi connectivity index (χ0) is 21.1. The molecule has 0 saturated carbocycles. The molecule has 0 saturated heterocycles. The zero-order valence-electron chi connectivity index (χ0n) is 18.7. The number of hydrogen-bond acceptors (Lipinski definition) is 5. The molecule has 160 valence electrons. The predicted molar refractivity (Wildman–Crippen MR) is 110 cm³/mol. The van der Waals surface area contributed by atoms with Gasteiger partial charge in [-0.15, -0.1) is 0 Å². The molecular weight excluding hydrogens is 344 g/mol. The van der Waals surface area contributed by atoms with E-state index in [-0.39, 0.29) is 35.4 Å². The molecule has 6 nitrogen and oxygen atoms in total. The molecule has 0 aliphatic heterocycles. The first-order valence-electron chi connectivity index (χ1n) is 10.2. The van der Waals surface area contributed by atoms with E-state index in [1.54, 1.807) is 0 Å². The van der Waals surface area contributed by atoms with Crippen LogP contribution in [0.4, 0.5) is 0 Å². The van der Waals surface area contributed by atoms with Crippen molar-refractivity contribution in [2.24, 2.45) is 0 Å². The van der Waals surface area contributed by atoms with Gasteiger partial charge in [0.25, 0.3) is 0 Å². The van der Waals surface area contributed by atoms with E-state index in [1.807, 2.05) is 27.7 Å². The Morgan fingerprint density at radius 1 is 0.963 bits per heavy atom. The minimum absolute atomic E-state index is 0.0257. The first kappa shape index (κ1) is 26.0. The summed E-state index contributed by atoms with van der Waals surface area (Å²) in [7, 11) is 0. The highest BCUT2D eigenvalue weighted by Crippen LogP contribution is 2.20. The Morgan fingerprint density at radius 2 is 1.52 bits per heavy atom. The Hall–Kier alpha value is -0.980. The fourth-order valence-corrected chi connectivity index (χ4v) is 2.82. The Labute approximate surface area is 166 Å². The van der Waals surface area contributed by atoms with Crippen molar-refractivity contribution in [2.45, 2.75) is 104 Å². The molecule has 0 aliphatic carbocycles. The second-order valence-electron chi connectivity index (χ2n) is 8.75. The van der Waals surface area contributed by atoms with Crippen LogP contribution in [0.25, 0.3) is 0 Å². The standard InChI is InChI=1S/C21H42N2O4/c1-9-10-20(5,6)26-13-11-21(7,8)27-14-12-22-19(25)15-18(17(4)24)23-16(2)3/h16,18,23H,9-15H2,1-8H3,(H,22,25). The Kier molecular flexibility index (Phi) is 12.0. The van der Waals surface area contributed by atoms with Crippen LogP contribution in [0.1, 0.15) is 81.1 Å². The second-order valence-corrected chi connectivity index (χ2v) is 8.75. The van der Waals surface area contributed by atoms with E-state index in [0.717, 1.165) is 19.3 Å². The Bertz CT molecular complexity index is 447. The lowest BCUT2D eigenvalue weighted by Crippen LogP contribution is -2.44. The molecule has 0 radical (unpaired) electrons. The van der Waals surface area contributed by atoms with Crippen LogP contribution in [0, 0.1) is 0 Å². The van der Waals surface area contributed by atoms with Gasteiger partial charge in [-0.3, -0.25) is 9.59 Å². The molecule has 0 spiro atoms. The minimum atomic E-state index is -0.439. The van der Waals surface area contributed by atoms with Crippen molar-refractivity contribution in [3.8, 4) is 0 Å². The van der Waals surface area contributed by atoms with Crippen molar-refractivity contribution in [2.75, 3.05) is 19.8 Å². The van der Waals surface area contributed by atoms with Crippen molar-refractivity contribution >= 4 is 11.7 Å². The van der Waals surface area contributed by atoms with Crippen LogP contribution in [-0.4, -0.2) is 54.7 Å². The van der Waals surface area contributed by atoms with Crippen molar-refractivity contribution in [1.82, 2.24) is 10.6 Å². The largest absolute Gasteiger partial charge is 0.375 e. The number of carbonyl (C=O) groups excluding carboxylic acids is 2. The molecule has 6 heteroatoms. The van der Waals surface area contributed by atoms with Crippen molar-refractivity contribution in [1.29, 1.82) is 0 Å². The van der Waals surface area contributed by atoms with Gasteiger partial charge >= 0.3 is 0 Å². The smallest absolute Gasteiger partial charge is 0.222 e. The van der Waals surface area contributed by atoms with E-state index in [4.69, 9.17) is 9.47 Å². The summed E-state index contributed by atoms with van der Waals surface area (Å²) in [6.45, 7) is 17.4. The van der Waals surface area contributed by atoms with Gasteiger partial charge in [-0.1, -0.05) is 27.2 Å². The summed E-state index contributed by atoms with van der Waals surface area (Å²) >= 11 is 0. The van der Waals surface area contributed by atoms with Crippen molar-refractivity contribution in [3.05, 3.63) is 0 Å². The van der Waals surface area contributed by atoms with Crippen LogP contribution in [0.3, 0.4) is 0 Å². The Morgan fingerprint density at radius 3 is 2.04 bits per heavy atom. The van der Waals surface area contributed by atoms with Crippen LogP contribution in [0.2, 0.25) is 0 Å². The molecule has 2 N–H and O–H groups in total. The summed E-state index contributed by atoms with van der Waals surface area (Å²) in [5, 5.41) is 5.94. The first-order valence-corrected chi connectivity index (χ1v) is 10.2. The number of ketones is 1. The quantitative estimate of drug-likeness (QED) is 0.423.